The van der Waals surface area contributed by atoms with E-state index in [1.54, 1.807) is 0 Å². The largest absolute Gasteiger partial charge is 0.478 e. The first-order valence-electron chi connectivity index (χ1n) is 7.66. The number of amides is 1. The van der Waals surface area contributed by atoms with Gasteiger partial charge in [-0.2, -0.15) is 0 Å². The Morgan fingerprint density at radius 3 is 2.20 bits per heavy atom. The maximum absolute atomic E-state index is 12.1. The third kappa shape index (κ3) is 5.43. The molecule has 2 aromatic rings. The molecule has 0 aromatic heterocycles. The van der Waals surface area contributed by atoms with Gasteiger partial charge in [0.05, 0.1) is 18.2 Å². The van der Waals surface area contributed by atoms with Crippen molar-refractivity contribution in [3.63, 3.8) is 0 Å². The van der Waals surface area contributed by atoms with Crippen LogP contribution in [0, 0.1) is 0 Å². The monoisotopic (exact) mass is 341 g/mol. The summed E-state index contributed by atoms with van der Waals surface area (Å²) in [4.78, 5) is 33.3. The van der Waals surface area contributed by atoms with Crippen LogP contribution in [0.3, 0.4) is 0 Å². The van der Waals surface area contributed by atoms with Crippen LogP contribution in [0.1, 0.15) is 15.9 Å². The molecule has 0 radical (unpaired) electrons. The molecule has 7 heteroatoms. The standard InChI is InChI=1S/C18H19N3O4/c19-16(11-12-1-5-14(6-2-12)20-9-10-22)17(23)21-15-7-3-13(4-8-15)18(24)25/h1-8,10,16,20H,9,11,19H2,(H,21,23)(H,24,25). The van der Waals surface area contributed by atoms with Crippen LogP contribution < -0.4 is 16.4 Å². The summed E-state index contributed by atoms with van der Waals surface area (Å²) in [6.07, 6.45) is 1.13. The van der Waals surface area contributed by atoms with Gasteiger partial charge in [0.1, 0.15) is 6.29 Å². The van der Waals surface area contributed by atoms with E-state index in [4.69, 9.17) is 10.8 Å². The lowest BCUT2D eigenvalue weighted by molar-refractivity contribution is -0.117. The fraction of sp³-hybridized carbons (Fsp3) is 0.167. The highest BCUT2D eigenvalue weighted by atomic mass is 16.4. The number of nitrogens with one attached hydrogen (secondary N) is 2. The molecule has 0 saturated heterocycles. The van der Waals surface area contributed by atoms with E-state index in [0.29, 0.717) is 12.1 Å². The van der Waals surface area contributed by atoms with Crippen molar-refractivity contribution in [2.75, 3.05) is 17.2 Å². The topological polar surface area (TPSA) is 122 Å². The molecule has 0 aliphatic heterocycles. The summed E-state index contributed by atoms with van der Waals surface area (Å²) in [6, 6.07) is 12.4. The number of rotatable bonds is 8. The van der Waals surface area contributed by atoms with E-state index < -0.39 is 12.0 Å². The Morgan fingerprint density at radius 1 is 1.04 bits per heavy atom. The number of carboxylic acid groups (broad SMARTS) is 1. The minimum Gasteiger partial charge on any atom is -0.478 e. The molecule has 0 bridgehead atoms. The summed E-state index contributed by atoms with van der Waals surface area (Å²) in [7, 11) is 0. The van der Waals surface area contributed by atoms with Crippen LogP contribution in [-0.2, 0) is 16.0 Å². The summed E-state index contributed by atoms with van der Waals surface area (Å²) >= 11 is 0. The molecule has 0 saturated carbocycles. The maximum atomic E-state index is 12.1. The zero-order valence-electron chi connectivity index (χ0n) is 13.4. The summed E-state index contributed by atoms with van der Waals surface area (Å²) in [5.41, 5.74) is 8.26. The van der Waals surface area contributed by atoms with Gasteiger partial charge < -0.3 is 26.3 Å². The van der Waals surface area contributed by atoms with Gasteiger partial charge in [-0.1, -0.05) is 12.1 Å². The number of hydrogen-bond acceptors (Lipinski definition) is 5. The van der Waals surface area contributed by atoms with Gasteiger partial charge in [0, 0.05) is 11.4 Å². The lowest BCUT2D eigenvalue weighted by atomic mass is 10.1. The molecule has 0 aliphatic carbocycles. The maximum Gasteiger partial charge on any atom is 0.335 e. The van der Waals surface area contributed by atoms with E-state index in [0.717, 1.165) is 17.5 Å². The van der Waals surface area contributed by atoms with Crippen molar-refractivity contribution in [1.82, 2.24) is 0 Å². The van der Waals surface area contributed by atoms with Crippen molar-refractivity contribution in [3.05, 3.63) is 59.7 Å². The molecule has 1 atom stereocenters. The quantitative estimate of drug-likeness (QED) is 0.540. The number of carboxylic acids is 1. The first kappa shape index (κ1) is 18.2. The minimum atomic E-state index is -1.03. The Bertz CT molecular complexity index is 742. The Hall–Kier alpha value is -3.19. The van der Waals surface area contributed by atoms with Crippen LogP contribution >= 0.6 is 0 Å². The van der Waals surface area contributed by atoms with Gasteiger partial charge in [0.25, 0.3) is 0 Å². The zero-order chi connectivity index (χ0) is 18.2. The van der Waals surface area contributed by atoms with E-state index in [-0.39, 0.29) is 18.0 Å². The van der Waals surface area contributed by atoms with Gasteiger partial charge in [-0.3, -0.25) is 4.79 Å². The Labute approximate surface area is 144 Å². The molecule has 5 N–H and O–H groups in total. The summed E-state index contributed by atoms with van der Waals surface area (Å²) in [6.45, 7) is 0.238. The van der Waals surface area contributed by atoms with Gasteiger partial charge in [0.2, 0.25) is 5.91 Å². The Balaban J connectivity index is 1.91. The van der Waals surface area contributed by atoms with Gasteiger partial charge in [0.15, 0.2) is 0 Å². The summed E-state index contributed by atoms with van der Waals surface area (Å²) < 4.78 is 0. The molecule has 0 fully saturated rings. The second kappa shape index (κ2) is 8.60. The Kier molecular flexibility index (Phi) is 6.25. The number of hydrogen-bond donors (Lipinski definition) is 4. The molecule has 0 aliphatic rings. The number of nitrogens with two attached hydrogens (primary N) is 1. The van der Waals surface area contributed by atoms with Crippen molar-refractivity contribution >= 4 is 29.5 Å². The normalized spacial score (nSPS) is 11.4. The van der Waals surface area contributed by atoms with Gasteiger partial charge in [-0.05, 0) is 48.4 Å². The summed E-state index contributed by atoms with van der Waals surface area (Å²) in [5, 5.41) is 14.4. The van der Waals surface area contributed by atoms with Crippen molar-refractivity contribution in [2.24, 2.45) is 5.73 Å². The van der Waals surface area contributed by atoms with Gasteiger partial charge in [-0.15, -0.1) is 0 Å². The highest BCUT2D eigenvalue weighted by Gasteiger charge is 2.14. The van der Waals surface area contributed by atoms with Crippen molar-refractivity contribution in [3.8, 4) is 0 Å². The molecule has 7 nitrogen and oxygen atoms in total. The first-order chi connectivity index (χ1) is 12.0. The van der Waals surface area contributed by atoms with Crippen molar-refractivity contribution in [1.29, 1.82) is 0 Å². The number of aldehydes is 1. The molecule has 1 amide bonds. The van der Waals surface area contributed by atoms with Crippen LogP contribution in [0.25, 0.3) is 0 Å². The number of aromatic carboxylic acids is 1. The smallest absolute Gasteiger partial charge is 0.335 e. The molecule has 130 valence electrons. The van der Waals surface area contributed by atoms with Crippen LogP contribution in [0.15, 0.2) is 48.5 Å². The van der Waals surface area contributed by atoms with Gasteiger partial charge >= 0.3 is 5.97 Å². The van der Waals surface area contributed by atoms with Crippen LogP contribution in [0.5, 0.6) is 0 Å². The molecule has 2 aromatic carbocycles. The molecular weight excluding hydrogens is 322 g/mol. The molecular formula is C18H19N3O4. The van der Waals surface area contributed by atoms with Crippen LogP contribution in [0.2, 0.25) is 0 Å². The van der Waals surface area contributed by atoms with Crippen LogP contribution in [0.4, 0.5) is 11.4 Å². The molecule has 2 rings (SSSR count). The van der Waals surface area contributed by atoms with E-state index in [1.807, 2.05) is 24.3 Å². The average molecular weight is 341 g/mol. The molecule has 0 heterocycles. The van der Waals surface area contributed by atoms with Crippen LogP contribution in [-0.4, -0.2) is 35.9 Å². The number of carbonyl (C=O) groups is 3. The van der Waals surface area contributed by atoms with E-state index in [2.05, 4.69) is 10.6 Å². The number of anilines is 2. The fourth-order valence-electron chi connectivity index (χ4n) is 2.20. The predicted octanol–water partition coefficient (Wildman–Crippen LogP) is 1.50. The number of carbonyl (C=O) groups excluding carboxylic acids is 2. The highest BCUT2D eigenvalue weighted by molar-refractivity contribution is 5.95. The lowest BCUT2D eigenvalue weighted by Crippen LogP contribution is -2.37. The minimum absolute atomic E-state index is 0.144. The first-order valence-corrected chi connectivity index (χ1v) is 7.66. The molecule has 1 unspecified atom stereocenters. The second-order valence-corrected chi connectivity index (χ2v) is 5.43. The Morgan fingerprint density at radius 2 is 1.64 bits per heavy atom. The average Bonchev–Trinajstić information content (AvgIpc) is 2.61. The third-order valence-electron chi connectivity index (χ3n) is 3.54. The lowest BCUT2D eigenvalue weighted by Gasteiger charge is -2.13. The van der Waals surface area contributed by atoms with Crippen molar-refractivity contribution < 1.29 is 19.5 Å². The van der Waals surface area contributed by atoms with Gasteiger partial charge in [-0.25, -0.2) is 4.79 Å². The highest BCUT2D eigenvalue weighted by Crippen LogP contribution is 2.13. The molecule has 25 heavy (non-hydrogen) atoms. The predicted molar refractivity (Wildman–Crippen MR) is 94.7 cm³/mol. The number of benzene rings is 2. The van der Waals surface area contributed by atoms with E-state index in [9.17, 15) is 14.4 Å². The second-order valence-electron chi connectivity index (χ2n) is 5.43. The third-order valence-corrected chi connectivity index (χ3v) is 3.54. The van der Waals surface area contributed by atoms with E-state index in [1.165, 1.54) is 24.3 Å². The van der Waals surface area contributed by atoms with Crippen molar-refractivity contribution in [2.45, 2.75) is 12.5 Å². The SMILES string of the molecule is NC(Cc1ccc(NCC=O)cc1)C(=O)Nc1ccc(C(=O)O)cc1. The summed E-state index contributed by atoms with van der Waals surface area (Å²) in [5.74, 6) is -1.38. The zero-order valence-corrected chi connectivity index (χ0v) is 13.4. The fourth-order valence-corrected chi connectivity index (χ4v) is 2.20. The van der Waals surface area contributed by atoms with E-state index >= 15 is 0 Å². The molecule has 0 spiro atoms.